The smallest absolute Gasteiger partial charge is 0.335 e. The topological polar surface area (TPSA) is 91.5 Å². The van der Waals surface area contributed by atoms with Gasteiger partial charge in [-0.1, -0.05) is 45.8 Å². The van der Waals surface area contributed by atoms with E-state index in [9.17, 15) is 9.90 Å². The van der Waals surface area contributed by atoms with Gasteiger partial charge in [0.2, 0.25) is 0 Å². The van der Waals surface area contributed by atoms with E-state index in [4.69, 9.17) is 32.7 Å². The number of hydrogen-bond acceptors (Lipinski definition) is 7. The Morgan fingerprint density at radius 3 is 2.53 bits per heavy atom. The van der Waals surface area contributed by atoms with E-state index < -0.39 is 5.97 Å². The van der Waals surface area contributed by atoms with E-state index in [1.807, 2.05) is 18.2 Å². The molecule has 2 aromatic heterocycles. The second-order valence-electron chi connectivity index (χ2n) is 10.6. The van der Waals surface area contributed by atoms with E-state index >= 15 is 0 Å². The van der Waals surface area contributed by atoms with Crippen molar-refractivity contribution in [3.8, 4) is 11.3 Å². The van der Waals surface area contributed by atoms with Crippen LogP contribution in [-0.4, -0.2) is 44.2 Å². The van der Waals surface area contributed by atoms with Crippen LogP contribution in [-0.2, 0) is 6.54 Å². The van der Waals surface area contributed by atoms with Gasteiger partial charge in [0.25, 0.3) is 0 Å². The summed E-state index contributed by atoms with van der Waals surface area (Å²) in [5.74, 6) is 0.507. The van der Waals surface area contributed by atoms with Crippen molar-refractivity contribution in [3.63, 3.8) is 0 Å². The van der Waals surface area contributed by atoms with E-state index in [0.717, 1.165) is 83.0 Å². The maximum Gasteiger partial charge on any atom is 0.335 e. The van der Waals surface area contributed by atoms with E-state index in [1.54, 1.807) is 18.2 Å². The van der Waals surface area contributed by atoms with Gasteiger partial charge in [-0.15, -0.1) is 0 Å². The molecule has 0 amide bonds. The summed E-state index contributed by atoms with van der Waals surface area (Å²) >= 11 is 14.7. The number of benzene rings is 2. The lowest BCUT2D eigenvalue weighted by atomic mass is 9.95. The lowest BCUT2D eigenvalue weighted by Crippen LogP contribution is -2.46. The average molecular weight is 570 g/mol. The Kier molecular flexibility index (Phi) is 6.11. The number of thiazole rings is 1. The summed E-state index contributed by atoms with van der Waals surface area (Å²) in [7, 11) is 0. The van der Waals surface area contributed by atoms with Crippen LogP contribution in [0.5, 0.6) is 0 Å². The van der Waals surface area contributed by atoms with Crippen LogP contribution in [0.15, 0.2) is 40.9 Å². The zero-order valence-corrected chi connectivity index (χ0v) is 22.8. The molecule has 3 aliphatic rings. The quantitative estimate of drug-likeness (QED) is 0.239. The first-order chi connectivity index (χ1) is 18.4. The highest BCUT2D eigenvalue weighted by atomic mass is 35.5. The number of anilines is 1. The van der Waals surface area contributed by atoms with Crippen LogP contribution in [0.4, 0.5) is 5.13 Å². The van der Waals surface area contributed by atoms with Crippen LogP contribution in [0.2, 0.25) is 10.0 Å². The highest BCUT2D eigenvalue weighted by Gasteiger charge is 2.43. The molecule has 2 aromatic carbocycles. The largest absolute Gasteiger partial charge is 0.478 e. The van der Waals surface area contributed by atoms with Crippen LogP contribution in [0, 0.1) is 0 Å². The molecule has 1 aliphatic carbocycles. The maximum absolute atomic E-state index is 11.3. The fraction of sp³-hybridized carbons (Fsp3) is 0.393. The molecule has 38 heavy (non-hydrogen) atoms. The standard InChI is InChI=1S/C28H26Cl2N4O3S/c29-20-2-1-3-21(30)24(20)25-19(26(37-33-25)14-4-5-14)13-34-17-7-8-18(34)12-16(11-17)31-28-32-22-9-6-15(27(35)36)10-23(22)38-28/h1-3,6,9-10,14,16-18H,4-5,7-8,11-13H2,(H,31,32)(H,35,36). The molecule has 1 saturated carbocycles. The third kappa shape index (κ3) is 4.37. The minimum atomic E-state index is -0.920. The van der Waals surface area contributed by atoms with Crippen molar-refractivity contribution in [2.45, 2.75) is 69.1 Å². The molecular weight excluding hydrogens is 543 g/mol. The van der Waals surface area contributed by atoms with E-state index in [1.165, 1.54) is 11.3 Å². The molecule has 0 radical (unpaired) electrons. The molecule has 0 spiro atoms. The number of carboxylic acids is 1. The van der Waals surface area contributed by atoms with E-state index in [2.05, 4.69) is 15.4 Å². The molecule has 7 nitrogen and oxygen atoms in total. The number of nitrogens with one attached hydrogen (secondary N) is 1. The van der Waals surface area contributed by atoms with Gasteiger partial charge in [0.15, 0.2) is 5.13 Å². The summed E-state index contributed by atoms with van der Waals surface area (Å²) in [4.78, 5) is 18.7. The lowest BCUT2D eigenvalue weighted by molar-refractivity contribution is 0.0697. The SMILES string of the molecule is O=C(O)c1ccc2nc(NC3CC4CCC(C3)N4Cc3c(-c4c(Cl)cccc4Cl)noc3C3CC3)sc2c1. The Bertz CT molecular complexity index is 1510. The van der Waals surface area contributed by atoms with Gasteiger partial charge in [-0.3, -0.25) is 4.90 Å². The first kappa shape index (κ1) is 24.4. The Morgan fingerprint density at radius 2 is 1.84 bits per heavy atom. The number of halogens is 2. The second-order valence-corrected chi connectivity index (χ2v) is 12.5. The number of piperidine rings is 1. The van der Waals surface area contributed by atoms with Crippen LogP contribution >= 0.6 is 34.5 Å². The molecule has 2 N–H and O–H groups in total. The minimum absolute atomic E-state index is 0.288. The van der Waals surface area contributed by atoms with Crippen LogP contribution in [0.25, 0.3) is 21.5 Å². The normalized spacial score (nSPS) is 23.3. The van der Waals surface area contributed by atoms with Crippen molar-refractivity contribution < 1.29 is 14.4 Å². The first-order valence-corrected chi connectivity index (χ1v) is 14.6. The molecule has 4 aromatic rings. The van der Waals surface area contributed by atoms with E-state index in [-0.39, 0.29) is 5.56 Å². The molecule has 3 fully saturated rings. The number of hydrogen-bond donors (Lipinski definition) is 2. The maximum atomic E-state index is 11.3. The van der Waals surface area contributed by atoms with Gasteiger partial charge in [-0.25, -0.2) is 9.78 Å². The van der Waals surface area contributed by atoms with Crippen LogP contribution < -0.4 is 5.32 Å². The molecule has 2 aliphatic heterocycles. The average Bonchev–Trinajstić information content (AvgIpc) is 3.46. The zero-order chi connectivity index (χ0) is 26.0. The summed E-state index contributed by atoms with van der Waals surface area (Å²) in [6, 6.07) is 11.9. The van der Waals surface area contributed by atoms with Gasteiger partial charge in [0.05, 0.1) is 25.8 Å². The van der Waals surface area contributed by atoms with E-state index in [0.29, 0.717) is 34.1 Å². The highest BCUT2D eigenvalue weighted by molar-refractivity contribution is 7.22. The number of carboxylic acid groups (broad SMARTS) is 1. The van der Waals surface area contributed by atoms with Crippen LogP contribution in [0.1, 0.15) is 66.1 Å². The number of carbonyl (C=O) groups is 1. The fourth-order valence-corrected chi connectivity index (χ4v) is 7.75. The Morgan fingerprint density at radius 1 is 1.11 bits per heavy atom. The summed E-state index contributed by atoms with van der Waals surface area (Å²) < 4.78 is 6.81. The third-order valence-corrected chi connectivity index (χ3v) is 9.73. The van der Waals surface area contributed by atoms with Crippen molar-refractivity contribution in [1.82, 2.24) is 15.0 Å². The molecule has 2 unspecified atom stereocenters. The Hall–Kier alpha value is -2.65. The highest BCUT2D eigenvalue weighted by Crippen LogP contribution is 2.48. The first-order valence-electron chi connectivity index (χ1n) is 13.0. The summed E-state index contributed by atoms with van der Waals surface area (Å²) in [5.41, 5.74) is 3.78. The lowest BCUT2D eigenvalue weighted by Gasteiger charge is -2.39. The third-order valence-electron chi connectivity index (χ3n) is 8.15. The molecule has 2 saturated heterocycles. The monoisotopic (exact) mass is 568 g/mol. The Labute approximate surface area is 233 Å². The van der Waals surface area contributed by atoms with Crippen molar-refractivity contribution in [3.05, 3.63) is 63.3 Å². The van der Waals surface area contributed by atoms with Gasteiger partial charge in [-0.05, 0) is 68.9 Å². The van der Waals surface area contributed by atoms with Crippen molar-refractivity contribution in [1.29, 1.82) is 0 Å². The van der Waals surface area contributed by atoms with Crippen molar-refractivity contribution >= 4 is 55.9 Å². The van der Waals surface area contributed by atoms with Gasteiger partial charge in [0, 0.05) is 41.7 Å². The van der Waals surface area contributed by atoms with Gasteiger partial charge >= 0.3 is 5.97 Å². The summed E-state index contributed by atoms with van der Waals surface area (Å²) in [5, 5.41) is 19.5. The van der Waals surface area contributed by atoms with Crippen molar-refractivity contribution in [2.24, 2.45) is 0 Å². The molecule has 4 heterocycles. The molecule has 2 bridgehead atoms. The Balaban J connectivity index is 1.11. The summed E-state index contributed by atoms with van der Waals surface area (Å²) in [6.07, 6.45) is 6.64. The number of fused-ring (bicyclic) bond motifs is 3. The molecule has 7 rings (SSSR count). The molecule has 196 valence electrons. The summed E-state index contributed by atoms with van der Waals surface area (Å²) in [6.45, 7) is 0.785. The van der Waals surface area contributed by atoms with Crippen molar-refractivity contribution in [2.75, 3.05) is 5.32 Å². The second kappa shape index (κ2) is 9.52. The predicted octanol–water partition coefficient (Wildman–Crippen LogP) is 7.44. The fourth-order valence-electron chi connectivity index (χ4n) is 6.19. The van der Waals surface area contributed by atoms with Crippen LogP contribution in [0.3, 0.4) is 0 Å². The van der Waals surface area contributed by atoms with Gasteiger partial charge < -0.3 is 14.9 Å². The predicted molar refractivity (Wildman–Crippen MR) is 150 cm³/mol. The number of aromatic nitrogens is 2. The zero-order valence-electron chi connectivity index (χ0n) is 20.5. The van der Waals surface area contributed by atoms with Gasteiger partial charge in [-0.2, -0.15) is 0 Å². The molecule has 2 atom stereocenters. The number of rotatable bonds is 7. The van der Waals surface area contributed by atoms with Gasteiger partial charge in [0.1, 0.15) is 11.5 Å². The molecular formula is C28H26Cl2N4O3S. The number of aromatic carboxylic acids is 1. The molecule has 10 heteroatoms. The minimum Gasteiger partial charge on any atom is -0.478 e. The number of nitrogens with zero attached hydrogens (tertiary/aromatic N) is 3.